The Hall–Kier alpha value is -2.87. The fraction of sp³-hybridized carbons (Fsp3) is 0.520. The molecule has 0 spiro atoms. The number of nitrogens with one attached hydrogen (secondary N) is 2. The number of halogens is 1. The molecule has 3 atom stereocenters. The van der Waals surface area contributed by atoms with E-state index in [1.807, 2.05) is 0 Å². The van der Waals surface area contributed by atoms with Gasteiger partial charge in [-0.1, -0.05) is 13.8 Å². The molecule has 2 N–H and O–H groups in total. The van der Waals surface area contributed by atoms with E-state index in [0.717, 1.165) is 31.2 Å². The number of fused-ring (bicyclic) bond motifs is 2. The number of nitrogens with zero attached hydrogens (tertiary/aromatic N) is 3. The summed E-state index contributed by atoms with van der Waals surface area (Å²) in [6, 6.07) is 4.96. The maximum atomic E-state index is 14.1. The number of rotatable bonds is 5. The predicted molar refractivity (Wildman–Crippen MR) is 122 cm³/mol. The van der Waals surface area contributed by atoms with Crippen molar-refractivity contribution in [3.05, 3.63) is 53.4 Å². The van der Waals surface area contributed by atoms with E-state index in [1.54, 1.807) is 17.3 Å². The summed E-state index contributed by atoms with van der Waals surface area (Å²) >= 11 is 0. The van der Waals surface area contributed by atoms with Crippen molar-refractivity contribution in [2.24, 2.45) is 0 Å². The lowest BCUT2D eigenvalue weighted by molar-refractivity contribution is 0.0781. The summed E-state index contributed by atoms with van der Waals surface area (Å²) in [5.74, 6) is 0.156. The lowest BCUT2D eigenvalue weighted by Gasteiger charge is -2.30. The molecule has 174 valence electrons. The minimum atomic E-state index is -0.427. The largest absolute Gasteiger partial charge is 0.489 e. The molecule has 3 fully saturated rings. The van der Waals surface area contributed by atoms with E-state index in [9.17, 15) is 9.18 Å². The highest BCUT2D eigenvalue weighted by atomic mass is 19.1. The zero-order valence-corrected chi connectivity index (χ0v) is 19.1. The quantitative estimate of drug-likeness (QED) is 0.724. The molecule has 0 radical (unpaired) electrons. The van der Waals surface area contributed by atoms with Gasteiger partial charge in [0.2, 0.25) is 0 Å². The van der Waals surface area contributed by atoms with E-state index < -0.39 is 5.82 Å². The summed E-state index contributed by atoms with van der Waals surface area (Å²) in [6.07, 6.45) is 7.55. The number of carbonyl (C=O) groups excluding carboxylic acids is 1. The van der Waals surface area contributed by atoms with Crippen molar-refractivity contribution in [2.75, 3.05) is 13.1 Å². The van der Waals surface area contributed by atoms with Crippen LogP contribution in [0.5, 0.6) is 5.75 Å². The van der Waals surface area contributed by atoms with Crippen LogP contribution in [0.3, 0.4) is 0 Å². The smallest absolute Gasteiger partial charge is 0.257 e. The molecule has 0 aliphatic carbocycles. The van der Waals surface area contributed by atoms with Gasteiger partial charge in [-0.15, -0.1) is 0 Å². The molecular formula is C25H30FN5O2. The number of carbonyl (C=O) groups is 1. The average Bonchev–Trinajstić information content (AvgIpc) is 3.35. The first-order valence-corrected chi connectivity index (χ1v) is 11.8. The van der Waals surface area contributed by atoms with Crippen LogP contribution >= 0.6 is 0 Å². The van der Waals surface area contributed by atoms with Gasteiger partial charge in [-0.25, -0.2) is 14.4 Å². The third-order valence-corrected chi connectivity index (χ3v) is 7.04. The highest BCUT2D eigenvalue weighted by molar-refractivity contribution is 6.02. The Balaban J connectivity index is 1.32. The maximum Gasteiger partial charge on any atom is 0.257 e. The Bertz CT molecular complexity index is 1050. The predicted octanol–water partition coefficient (Wildman–Crippen LogP) is 3.66. The van der Waals surface area contributed by atoms with Gasteiger partial charge >= 0.3 is 0 Å². The number of ether oxygens (including phenoxy) is 1. The third kappa shape index (κ3) is 4.49. The normalized spacial score (nSPS) is 26.8. The van der Waals surface area contributed by atoms with Crippen LogP contribution in [-0.4, -0.2) is 57.8 Å². The van der Waals surface area contributed by atoms with Crippen molar-refractivity contribution in [1.82, 2.24) is 20.2 Å². The van der Waals surface area contributed by atoms with Crippen LogP contribution in [0.4, 0.5) is 4.39 Å². The van der Waals surface area contributed by atoms with E-state index >= 15 is 0 Å². The van der Waals surface area contributed by atoms with Gasteiger partial charge in [0.1, 0.15) is 23.5 Å². The number of amides is 1. The average molecular weight is 452 g/mol. The van der Waals surface area contributed by atoms with Crippen LogP contribution in [0.25, 0.3) is 0 Å². The first-order chi connectivity index (χ1) is 15.9. The molecular weight excluding hydrogens is 421 g/mol. The summed E-state index contributed by atoms with van der Waals surface area (Å²) in [6.45, 7) is 4.68. The number of benzene rings is 1. The molecule has 7 nitrogen and oxygen atoms in total. The second-order valence-corrected chi connectivity index (χ2v) is 9.78. The molecule has 2 aromatic rings. The molecule has 1 amide bonds. The SMILES string of the molecule is CC(C)c1cnc(C2CN(C(=O)c3ccc(F)cc3OC3CC4CCC(C3)N4)CC2=N)nc1. The van der Waals surface area contributed by atoms with Gasteiger partial charge in [0.15, 0.2) is 0 Å². The molecule has 33 heavy (non-hydrogen) atoms. The molecule has 0 saturated carbocycles. The van der Waals surface area contributed by atoms with Gasteiger partial charge in [-0.2, -0.15) is 0 Å². The van der Waals surface area contributed by atoms with Crippen LogP contribution in [0.2, 0.25) is 0 Å². The molecule has 1 aromatic heterocycles. The Morgan fingerprint density at radius 3 is 2.58 bits per heavy atom. The Labute approximate surface area is 193 Å². The van der Waals surface area contributed by atoms with Crippen LogP contribution in [-0.2, 0) is 0 Å². The molecule has 4 heterocycles. The lowest BCUT2D eigenvalue weighted by Crippen LogP contribution is -2.42. The first kappa shape index (κ1) is 21.9. The molecule has 8 heteroatoms. The second-order valence-electron chi connectivity index (χ2n) is 9.78. The first-order valence-electron chi connectivity index (χ1n) is 11.8. The van der Waals surface area contributed by atoms with E-state index in [4.69, 9.17) is 10.1 Å². The van der Waals surface area contributed by atoms with Crippen LogP contribution in [0, 0.1) is 11.2 Å². The maximum absolute atomic E-state index is 14.1. The second kappa shape index (κ2) is 8.82. The summed E-state index contributed by atoms with van der Waals surface area (Å²) in [7, 11) is 0. The molecule has 3 aliphatic rings. The van der Waals surface area contributed by atoms with E-state index in [0.29, 0.717) is 47.4 Å². The summed E-state index contributed by atoms with van der Waals surface area (Å²) in [4.78, 5) is 23.9. The van der Waals surface area contributed by atoms with Gasteiger partial charge in [0.25, 0.3) is 5.91 Å². The number of aromatic nitrogens is 2. The minimum Gasteiger partial charge on any atom is -0.489 e. The number of likely N-dealkylation sites (tertiary alicyclic amines) is 1. The highest BCUT2D eigenvalue weighted by Gasteiger charge is 2.37. The molecule has 3 unspecified atom stereocenters. The standard InChI is InChI=1S/C25H30FN5O2/c1-14(2)15-10-28-24(29-11-15)21-12-31(13-22(21)27)25(32)20-6-3-16(26)7-23(20)33-19-8-17-4-5-18(9-19)30-17/h3,6-7,10-11,14,17-19,21,27,30H,4-5,8-9,12-13H2,1-2H3. The van der Waals surface area contributed by atoms with Gasteiger partial charge in [-0.3, -0.25) is 4.79 Å². The molecule has 3 aliphatic heterocycles. The topological polar surface area (TPSA) is 91.2 Å². The van der Waals surface area contributed by atoms with Gasteiger partial charge in [-0.05, 0) is 49.3 Å². The number of piperidine rings is 1. The van der Waals surface area contributed by atoms with Crippen molar-refractivity contribution in [3.63, 3.8) is 0 Å². The Morgan fingerprint density at radius 2 is 1.91 bits per heavy atom. The Kier molecular flexibility index (Phi) is 5.86. The highest BCUT2D eigenvalue weighted by Crippen LogP contribution is 2.32. The van der Waals surface area contributed by atoms with Crippen molar-refractivity contribution in [1.29, 1.82) is 5.41 Å². The van der Waals surface area contributed by atoms with Crippen molar-refractivity contribution in [3.8, 4) is 5.75 Å². The van der Waals surface area contributed by atoms with Crippen LogP contribution in [0.15, 0.2) is 30.6 Å². The van der Waals surface area contributed by atoms with Crippen molar-refractivity contribution in [2.45, 2.75) is 69.6 Å². The van der Waals surface area contributed by atoms with Crippen molar-refractivity contribution < 1.29 is 13.9 Å². The van der Waals surface area contributed by atoms with Crippen molar-refractivity contribution >= 4 is 11.6 Å². The van der Waals surface area contributed by atoms with Gasteiger partial charge in [0.05, 0.1) is 18.0 Å². The molecule has 5 rings (SSSR count). The fourth-order valence-corrected chi connectivity index (χ4v) is 5.15. The minimum absolute atomic E-state index is 0.0328. The number of hydrogen-bond donors (Lipinski definition) is 2. The fourth-order valence-electron chi connectivity index (χ4n) is 5.15. The van der Waals surface area contributed by atoms with Crippen LogP contribution in [0.1, 0.15) is 73.1 Å². The molecule has 2 bridgehead atoms. The summed E-state index contributed by atoms with van der Waals surface area (Å²) < 4.78 is 20.3. The van der Waals surface area contributed by atoms with Gasteiger partial charge < -0.3 is 20.4 Å². The zero-order valence-electron chi connectivity index (χ0n) is 19.1. The van der Waals surface area contributed by atoms with E-state index in [1.165, 1.54) is 18.2 Å². The number of hydrogen-bond acceptors (Lipinski definition) is 6. The van der Waals surface area contributed by atoms with E-state index in [2.05, 4.69) is 29.1 Å². The van der Waals surface area contributed by atoms with Crippen LogP contribution < -0.4 is 10.1 Å². The lowest BCUT2D eigenvalue weighted by atomic mass is 10.0. The third-order valence-electron chi connectivity index (χ3n) is 7.04. The zero-order chi connectivity index (χ0) is 23.1. The molecule has 1 aromatic carbocycles. The van der Waals surface area contributed by atoms with Gasteiger partial charge in [0, 0.05) is 42.8 Å². The monoisotopic (exact) mass is 451 g/mol. The molecule has 3 saturated heterocycles. The summed E-state index contributed by atoms with van der Waals surface area (Å²) in [5.41, 5.74) is 1.78. The Morgan fingerprint density at radius 1 is 1.21 bits per heavy atom. The summed E-state index contributed by atoms with van der Waals surface area (Å²) in [5, 5.41) is 12.0. The van der Waals surface area contributed by atoms with E-state index in [-0.39, 0.29) is 24.5 Å².